The van der Waals surface area contributed by atoms with E-state index in [-0.39, 0.29) is 11.6 Å². The fourth-order valence-electron chi connectivity index (χ4n) is 3.28. The fourth-order valence-corrected chi connectivity index (χ4v) is 3.28. The van der Waals surface area contributed by atoms with Crippen LogP contribution in [0.3, 0.4) is 0 Å². The first-order valence-corrected chi connectivity index (χ1v) is 9.09. The first kappa shape index (κ1) is 17.4. The highest BCUT2D eigenvalue weighted by molar-refractivity contribution is 6.16. The molecule has 0 aliphatic heterocycles. The molecule has 1 aromatic heterocycles. The standard InChI is InChI=1S/C22H24FNO/c1-2-3-4-5-8-14-24-16-20(19-12-6-7-13-21(19)24)22(25)17-10-9-11-18(23)15-17/h6-7,9-13,15-16H,2-5,8,14H2,1H3. The number of fused-ring (bicyclic) bond motifs is 1. The van der Waals surface area contributed by atoms with Crippen molar-refractivity contribution in [3.8, 4) is 0 Å². The van der Waals surface area contributed by atoms with Crippen molar-refractivity contribution in [1.29, 1.82) is 0 Å². The number of ketones is 1. The van der Waals surface area contributed by atoms with Crippen molar-refractivity contribution in [2.24, 2.45) is 0 Å². The summed E-state index contributed by atoms with van der Waals surface area (Å²) in [4.78, 5) is 12.9. The summed E-state index contributed by atoms with van der Waals surface area (Å²) in [5.74, 6) is -0.508. The number of hydrogen-bond acceptors (Lipinski definition) is 1. The van der Waals surface area contributed by atoms with E-state index in [1.807, 2.05) is 30.5 Å². The molecule has 0 fully saturated rings. The molecule has 0 unspecified atom stereocenters. The molecule has 3 heteroatoms. The Labute approximate surface area is 148 Å². The van der Waals surface area contributed by atoms with Crippen LogP contribution in [0.15, 0.2) is 54.7 Å². The summed E-state index contributed by atoms with van der Waals surface area (Å²) in [6.45, 7) is 3.12. The molecule has 3 rings (SSSR count). The lowest BCUT2D eigenvalue weighted by Crippen LogP contribution is -2.01. The zero-order valence-corrected chi connectivity index (χ0v) is 14.7. The summed E-state index contributed by atoms with van der Waals surface area (Å²) in [6.07, 6.45) is 8.00. The fraction of sp³-hybridized carbons (Fsp3) is 0.318. The lowest BCUT2D eigenvalue weighted by Gasteiger charge is -2.04. The number of aromatic nitrogens is 1. The van der Waals surface area contributed by atoms with Gasteiger partial charge in [0.1, 0.15) is 5.82 Å². The van der Waals surface area contributed by atoms with Crippen molar-refractivity contribution in [2.45, 2.75) is 45.6 Å². The van der Waals surface area contributed by atoms with E-state index in [0.29, 0.717) is 11.1 Å². The highest BCUT2D eigenvalue weighted by Crippen LogP contribution is 2.25. The average molecular weight is 337 g/mol. The maximum atomic E-state index is 13.5. The van der Waals surface area contributed by atoms with E-state index in [4.69, 9.17) is 0 Å². The molecule has 0 aliphatic rings. The molecule has 0 saturated carbocycles. The number of hydrogen-bond donors (Lipinski definition) is 0. The van der Waals surface area contributed by atoms with Crippen molar-refractivity contribution in [3.63, 3.8) is 0 Å². The van der Waals surface area contributed by atoms with Gasteiger partial charge in [-0.05, 0) is 24.6 Å². The topological polar surface area (TPSA) is 22.0 Å². The second kappa shape index (κ2) is 8.11. The zero-order valence-electron chi connectivity index (χ0n) is 14.7. The summed E-state index contributed by atoms with van der Waals surface area (Å²) >= 11 is 0. The molecule has 0 atom stereocenters. The van der Waals surface area contributed by atoms with Gasteiger partial charge in [-0.25, -0.2) is 4.39 Å². The van der Waals surface area contributed by atoms with E-state index in [0.717, 1.165) is 23.9 Å². The Bertz CT molecular complexity index is 865. The molecule has 2 aromatic carbocycles. The molecule has 25 heavy (non-hydrogen) atoms. The Morgan fingerprint density at radius 1 is 1.00 bits per heavy atom. The van der Waals surface area contributed by atoms with Gasteiger partial charge in [0.05, 0.1) is 0 Å². The molecule has 2 nitrogen and oxygen atoms in total. The number of para-hydroxylation sites is 1. The summed E-state index contributed by atoms with van der Waals surface area (Å²) in [5.41, 5.74) is 2.11. The number of benzene rings is 2. The minimum atomic E-state index is -0.384. The molecule has 130 valence electrons. The summed E-state index contributed by atoms with van der Waals surface area (Å²) in [5, 5.41) is 0.935. The molecular weight excluding hydrogens is 313 g/mol. The summed E-state index contributed by atoms with van der Waals surface area (Å²) < 4.78 is 15.6. The number of unbranched alkanes of at least 4 members (excludes halogenated alkanes) is 4. The predicted octanol–water partition coefficient (Wildman–Crippen LogP) is 5.98. The third-order valence-electron chi connectivity index (χ3n) is 4.62. The number of aryl methyl sites for hydroxylation is 1. The molecule has 0 bridgehead atoms. The Balaban J connectivity index is 1.87. The second-order valence-corrected chi connectivity index (χ2v) is 6.51. The Morgan fingerprint density at radius 2 is 1.80 bits per heavy atom. The quantitative estimate of drug-likeness (QED) is 0.366. The van der Waals surface area contributed by atoms with E-state index in [1.54, 1.807) is 12.1 Å². The van der Waals surface area contributed by atoms with E-state index in [2.05, 4.69) is 11.5 Å². The molecule has 0 saturated heterocycles. The first-order valence-electron chi connectivity index (χ1n) is 9.09. The highest BCUT2D eigenvalue weighted by atomic mass is 19.1. The maximum Gasteiger partial charge on any atom is 0.195 e. The maximum absolute atomic E-state index is 13.5. The molecule has 0 N–H and O–H groups in total. The Morgan fingerprint density at radius 3 is 2.60 bits per heavy atom. The van der Waals surface area contributed by atoms with Crippen LogP contribution in [0.25, 0.3) is 10.9 Å². The van der Waals surface area contributed by atoms with Gasteiger partial charge in [-0.15, -0.1) is 0 Å². The van der Waals surface area contributed by atoms with Gasteiger partial charge in [0, 0.05) is 34.8 Å². The summed E-state index contributed by atoms with van der Waals surface area (Å²) in [7, 11) is 0. The molecule has 0 radical (unpaired) electrons. The van der Waals surface area contributed by atoms with Crippen LogP contribution < -0.4 is 0 Å². The van der Waals surface area contributed by atoms with Gasteiger partial charge >= 0.3 is 0 Å². The SMILES string of the molecule is CCCCCCCn1cc(C(=O)c2cccc(F)c2)c2ccccc21. The molecular formula is C22H24FNO. The van der Waals surface area contributed by atoms with E-state index in [9.17, 15) is 9.18 Å². The van der Waals surface area contributed by atoms with Gasteiger partial charge in [-0.3, -0.25) is 4.79 Å². The van der Waals surface area contributed by atoms with Crippen molar-refractivity contribution in [3.05, 3.63) is 71.7 Å². The monoisotopic (exact) mass is 337 g/mol. The van der Waals surface area contributed by atoms with Gasteiger partial charge in [0.15, 0.2) is 5.78 Å². The Hall–Kier alpha value is -2.42. The average Bonchev–Trinajstić information content (AvgIpc) is 3.00. The third kappa shape index (κ3) is 3.98. The molecule has 3 aromatic rings. The van der Waals surface area contributed by atoms with Gasteiger partial charge in [0.2, 0.25) is 0 Å². The molecule has 0 amide bonds. The number of rotatable bonds is 8. The Kier molecular flexibility index (Phi) is 5.64. The van der Waals surface area contributed by atoms with Crippen LogP contribution in [-0.4, -0.2) is 10.4 Å². The normalized spacial score (nSPS) is 11.1. The predicted molar refractivity (Wildman–Crippen MR) is 101 cm³/mol. The van der Waals surface area contributed by atoms with Gasteiger partial charge in [-0.1, -0.05) is 62.9 Å². The molecule has 0 aliphatic carbocycles. The van der Waals surface area contributed by atoms with E-state index < -0.39 is 0 Å². The van der Waals surface area contributed by atoms with Crippen molar-refractivity contribution in [1.82, 2.24) is 4.57 Å². The van der Waals surface area contributed by atoms with Crippen LogP contribution in [-0.2, 0) is 6.54 Å². The lowest BCUT2D eigenvalue weighted by atomic mass is 10.0. The van der Waals surface area contributed by atoms with Crippen LogP contribution in [0.4, 0.5) is 4.39 Å². The number of nitrogens with zero attached hydrogens (tertiary/aromatic N) is 1. The largest absolute Gasteiger partial charge is 0.347 e. The second-order valence-electron chi connectivity index (χ2n) is 6.51. The first-order chi connectivity index (χ1) is 12.2. The van der Waals surface area contributed by atoms with Gasteiger partial charge in [-0.2, -0.15) is 0 Å². The number of carbonyl (C=O) groups excluding carboxylic acids is 1. The van der Waals surface area contributed by atoms with Crippen LogP contribution in [0.5, 0.6) is 0 Å². The van der Waals surface area contributed by atoms with E-state index in [1.165, 1.54) is 37.8 Å². The van der Waals surface area contributed by atoms with Crippen LogP contribution in [0, 0.1) is 5.82 Å². The van der Waals surface area contributed by atoms with Gasteiger partial charge < -0.3 is 4.57 Å². The van der Waals surface area contributed by atoms with Crippen molar-refractivity contribution >= 4 is 16.7 Å². The lowest BCUT2D eigenvalue weighted by molar-refractivity contribution is 0.103. The number of carbonyl (C=O) groups is 1. The van der Waals surface area contributed by atoms with Crippen molar-refractivity contribution in [2.75, 3.05) is 0 Å². The van der Waals surface area contributed by atoms with Crippen LogP contribution in [0.1, 0.15) is 54.9 Å². The smallest absolute Gasteiger partial charge is 0.195 e. The number of halogens is 1. The minimum absolute atomic E-state index is 0.125. The molecule has 0 spiro atoms. The molecule has 1 heterocycles. The van der Waals surface area contributed by atoms with Crippen molar-refractivity contribution < 1.29 is 9.18 Å². The third-order valence-corrected chi connectivity index (χ3v) is 4.62. The highest BCUT2D eigenvalue weighted by Gasteiger charge is 2.16. The van der Waals surface area contributed by atoms with Crippen LogP contribution >= 0.6 is 0 Å². The summed E-state index contributed by atoms with van der Waals surface area (Å²) in [6, 6.07) is 13.9. The zero-order chi connectivity index (χ0) is 17.6. The van der Waals surface area contributed by atoms with Crippen LogP contribution in [0.2, 0.25) is 0 Å². The minimum Gasteiger partial charge on any atom is -0.347 e. The van der Waals surface area contributed by atoms with Gasteiger partial charge in [0.25, 0.3) is 0 Å². The van der Waals surface area contributed by atoms with E-state index >= 15 is 0 Å².